The van der Waals surface area contributed by atoms with E-state index in [0.717, 1.165) is 12.8 Å². The van der Waals surface area contributed by atoms with E-state index in [2.05, 4.69) is 0 Å². The number of halogens is 1. The van der Waals surface area contributed by atoms with Crippen LogP contribution in [-0.4, -0.2) is 25.8 Å². The molecule has 0 aromatic heterocycles. The lowest BCUT2D eigenvalue weighted by atomic mass is 10.0. The summed E-state index contributed by atoms with van der Waals surface area (Å²) in [6.45, 7) is 6.24. The van der Waals surface area contributed by atoms with E-state index in [1.807, 2.05) is 6.92 Å². The SMILES string of the molecule is Cc1cc(F)c(N)c(C)c1S(=O)(=O)N1CCCC(C)C1. The zero-order chi connectivity index (χ0) is 15.1. The molecule has 0 saturated carbocycles. The molecule has 0 amide bonds. The molecule has 1 aliphatic heterocycles. The average Bonchev–Trinajstić information content (AvgIpc) is 2.36. The van der Waals surface area contributed by atoms with Gasteiger partial charge in [0.25, 0.3) is 0 Å². The average molecular weight is 300 g/mol. The van der Waals surface area contributed by atoms with Gasteiger partial charge < -0.3 is 5.73 Å². The van der Waals surface area contributed by atoms with Gasteiger partial charge in [0.05, 0.1) is 10.6 Å². The number of piperidine rings is 1. The summed E-state index contributed by atoms with van der Waals surface area (Å²) >= 11 is 0. The molecule has 0 bridgehead atoms. The first-order valence-corrected chi connectivity index (χ1v) is 8.24. The number of hydrogen-bond donors (Lipinski definition) is 1. The molecule has 2 rings (SSSR count). The fourth-order valence-corrected chi connectivity index (χ4v) is 4.86. The minimum atomic E-state index is -3.61. The van der Waals surface area contributed by atoms with Crippen molar-refractivity contribution in [1.82, 2.24) is 4.31 Å². The Morgan fingerprint density at radius 2 is 2.05 bits per heavy atom. The number of hydrogen-bond acceptors (Lipinski definition) is 3. The third kappa shape index (κ3) is 2.54. The molecule has 1 unspecified atom stereocenters. The van der Waals surface area contributed by atoms with Gasteiger partial charge in [-0.15, -0.1) is 0 Å². The van der Waals surface area contributed by atoms with Crippen LogP contribution >= 0.6 is 0 Å². The van der Waals surface area contributed by atoms with Gasteiger partial charge in [0.1, 0.15) is 5.82 Å². The molecule has 1 saturated heterocycles. The highest BCUT2D eigenvalue weighted by atomic mass is 32.2. The molecule has 2 N–H and O–H groups in total. The molecule has 1 atom stereocenters. The first kappa shape index (κ1) is 15.3. The Hall–Kier alpha value is -1.14. The Kier molecular flexibility index (Phi) is 4.07. The number of rotatable bonds is 2. The zero-order valence-corrected chi connectivity index (χ0v) is 12.9. The number of aryl methyl sites for hydroxylation is 1. The summed E-state index contributed by atoms with van der Waals surface area (Å²) in [6, 6.07) is 1.20. The van der Waals surface area contributed by atoms with Crippen molar-refractivity contribution in [2.45, 2.75) is 38.5 Å². The van der Waals surface area contributed by atoms with Gasteiger partial charge in [-0.3, -0.25) is 0 Å². The van der Waals surface area contributed by atoms with Crippen LogP contribution in [0.1, 0.15) is 30.9 Å². The standard InChI is InChI=1S/C14H21FN2O2S/c1-9-5-4-6-17(8-9)20(18,19)14-10(2)7-12(15)13(16)11(14)3/h7,9H,4-6,8,16H2,1-3H3. The third-order valence-corrected chi connectivity index (χ3v) is 6.08. The van der Waals surface area contributed by atoms with E-state index in [-0.39, 0.29) is 10.6 Å². The van der Waals surface area contributed by atoms with E-state index < -0.39 is 15.8 Å². The summed E-state index contributed by atoms with van der Waals surface area (Å²) in [6.07, 6.45) is 1.89. The molecule has 0 aliphatic carbocycles. The van der Waals surface area contributed by atoms with Gasteiger partial charge in [-0.2, -0.15) is 4.31 Å². The maximum Gasteiger partial charge on any atom is 0.243 e. The highest BCUT2D eigenvalue weighted by molar-refractivity contribution is 7.89. The molecule has 1 aromatic carbocycles. The maximum absolute atomic E-state index is 13.6. The van der Waals surface area contributed by atoms with Gasteiger partial charge >= 0.3 is 0 Å². The van der Waals surface area contributed by atoms with Crippen molar-refractivity contribution in [3.05, 3.63) is 23.0 Å². The molecular weight excluding hydrogens is 279 g/mol. The van der Waals surface area contributed by atoms with Crippen molar-refractivity contribution in [2.24, 2.45) is 5.92 Å². The monoisotopic (exact) mass is 300 g/mol. The van der Waals surface area contributed by atoms with E-state index in [1.165, 1.54) is 10.4 Å². The van der Waals surface area contributed by atoms with Crippen LogP contribution in [0.4, 0.5) is 10.1 Å². The molecule has 4 nitrogen and oxygen atoms in total. The molecule has 20 heavy (non-hydrogen) atoms. The van der Waals surface area contributed by atoms with Gasteiger partial charge in [0.15, 0.2) is 0 Å². The summed E-state index contributed by atoms with van der Waals surface area (Å²) in [5.41, 5.74) is 6.28. The summed E-state index contributed by atoms with van der Waals surface area (Å²) in [4.78, 5) is 0.158. The van der Waals surface area contributed by atoms with Crippen LogP contribution in [0.15, 0.2) is 11.0 Å². The largest absolute Gasteiger partial charge is 0.396 e. The van der Waals surface area contributed by atoms with Crippen LogP contribution in [0.3, 0.4) is 0 Å². The molecular formula is C14H21FN2O2S. The van der Waals surface area contributed by atoms with Crippen LogP contribution in [0, 0.1) is 25.6 Å². The second kappa shape index (κ2) is 5.33. The predicted octanol–water partition coefficient (Wildman–Crippen LogP) is 2.45. The maximum atomic E-state index is 13.6. The fourth-order valence-electron chi connectivity index (χ4n) is 2.82. The van der Waals surface area contributed by atoms with Crippen molar-refractivity contribution in [3.63, 3.8) is 0 Å². The van der Waals surface area contributed by atoms with Gasteiger partial charge in [-0.25, -0.2) is 12.8 Å². The summed E-state index contributed by atoms with van der Waals surface area (Å²) in [7, 11) is -3.61. The summed E-state index contributed by atoms with van der Waals surface area (Å²) in [5, 5.41) is 0. The number of sulfonamides is 1. The first-order chi connectivity index (χ1) is 9.25. The van der Waals surface area contributed by atoms with E-state index >= 15 is 0 Å². The quantitative estimate of drug-likeness (QED) is 0.853. The van der Waals surface area contributed by atoms with Gasteiger partial charge in [-0.05, 0) is 49.8 Å². The van der Waals surface area contributed by atoms with Gasteiger partial charge in [-0.1, -0.05) is 6.92 Å². The fraction of sp³-hybridized carbons (Fsp3) is 0.571. The van der Waals surface area contributed by atoms with E-state index in [0.29, 0.717) is 30.1 Å². The minimum absolute atomic E-state index is 0.0840. The van der Waals surface area contributed by atoms with Crippen LogP contribution in [-0.2, 0) is 10.0 Å². The molecule has 1 heterocycles. The predicted molar refractivity (Wildman–Crippen MR) is 77.4 cm³/mol. The molecule has 6 heteroatoms. The van der Waals surface area contributed by atoms with Crippen LogP contribution < -0.4 is 5.73 Å². The van der Waals surface area contributed by atoms with Crippen molar-refractivity contribution in [3.8, 4) is 0 Å². The number of anilines is 1. The number of benzene rings is 1. The number of nitrogens with zero attached hydrogens (tertiary/aromatic N) is 1. The molecule has 0 spiro atoms. The smallest absolute Gasteiger partial charge is 0.243 e. The van der Waals surface area contributed by atoms with Crippen molar-refractivity contribution < 1.29 is 12.8 Å². The summed E-state index contributed by atoms with van der Waals surface area (Å²) in [5.74, 6) is -0.220. The molecule has 112 valence electrons. The molecule has 1 aromatic rings. The van der Waals surface area contributed by atoms with Gasteiger partial charge in [0.2, 0.25) is 10.0 Å². The Labute approximate surface area is 119 Å². The molecule has 0 radical (unpaired) electrons. The Bertz CT molecular complexity index is 629. The molecule has 1 fully saturated rings. The van der Waals surface area contributed by atoms with Crippen molar-refractivity contribution in [2.75, 3.05) is 18.8 Å². The Morgan fingerprint density at radius 3 is 2.65 bits per heavy atom. The minimum Gasteiger partial charge on any atom is -0.396 e. The highest BCUT2D eigenvalue weighted by Gasteiger charge is 2.32. The van der Waals surface area contributed by atoms with Crippen LogP contribution in [0.2, 0.25) is 0 Å². The van der Waals surface area contributed by atoms with Crippen molar-refractivity contribution >= 4 is 15.7 Å². The van der Waals surface area contributed by atoms with Crippen molar-refractivity contribution in [1.29, 1.82) is 0 Å². The van der Waals surface area contributed by atoms with E-state index in [4.69, 9.17) is 5.73 Å². The van der Waals surface area contributed by atoms with E-state index in [9.17, 15) is 12.8 Å². The first-order valence-electron chi connectivity index (χ1n) is 6.80. The lowest BCUT2D eigenvalue weighted by Gasteiger charge is -2.31. The normalized spacial score (nSPS) is 21.1. The van der Waals surface area contributed by atoms with E-state index in [1.54, 1.807) is 13.8 Å². The molecule has 1 aliphatic rings. The summed E-state index contributed by atoms with van der Waals surface area (Å²) < 4.78 is 40.6. The lowest BCUT2D eigenvalue weighted by molar-refractivity contribution is 0.281. The highest BCUT2D eigenvalue weighted by Crippen LogP contribution is 2.31. The third-order valence-electron chi connectivity index (χ3n) is 3.92. The Balaban J connectivity index is 2.52. The van der Waals surface area contributed by atoms with Crippen LogP contribution in [0.5, 0.6) is 0 Å². The lowest BCUT2D eigenvalue weighted by Crippen LogP contribution is -2.39. The second-order valence-electron chi connectivity index (χ2n) is 5.65. The second-order valence-corrected chi connectivity index (χ2v) is 7.53. The topological polar surface area (TPSA) is 63.4 Å². The number of nitrogen functional groups attached to an aromatic ring is 1. The van der Waals surface area contributed by atoms with Gasteiger partial charge in [0, 0.05) is 13.1 Å². The zero-order valence-electron chi connectivity index (χ0n) is 12.1. The van der Waals surface area contributed by atoms with Crippen LogP contribution in [0.25, 0.3) is 0 Å². The Morgan fingerprint density at radius 1 is 1.40 bits per heavy atom. The number of nitrogens with two attached hydrogens (primary N) is 1.